The lowest BCUT2D eigenvalue weighted by Crippen LogP contribution is -2.49. The fourth-order valence-electron chi connectivity index (χ4n) is 4.78. The standard InChI is InChI=1S/C21H31N5O2/c1-2-24-10-12-25(13-11-24)18-7-4-3-6-17(18)23-20(28)26-9-5-8-21(16-26)14-19(27)22-15-21/h3-4,6-7H,2,5,8-16H2,1H3,(H,22,27)(H,23,28). The highest BCUT2D eigenvalue weighted by molar-refractivity contribution is 5.93. The number of piperidine rings is 1. The third-order valence-corrected chi connectivity index (χ3v) is 6.45. The first kappa shape index (κ1) is 19.1. The van der Waals surface area contributed by atoms with E-state index in [0.717, 1.165) is 63.5 Å². The van der Waals surface area contributed by atoms with Gasteiger partial charge in [0.05, 0.1) is 11.4 Å². The minimum Gasteiger partial charge on any atom is -0.367 e. The average molecular weight is 386 g/mol. The van der Waals surface area contributed by atoms with E-state index < -0.39 is 0 Å². The van der Waals surface area contributed by atoms with Crippen LogP contribution in [0, 0.1) is 5.41 Å². The van der Waals surface area contributed by atoms with Gasteiger partial charge in [-0.05, 0) is 31.5 Å². The molecule has 1 unspecified atom stereocenters. The molecule has 3 amide bonds. The monoisotopic (exact) mass is 385 g/mol. The molecular weight excluding hydrogens is 354 g/mol. The topological polar surface area (TPSA) is 67.9 Å². The maximum atomic E-state index is 13.0. The Kier molecular flexibility index (Phi) is 5.44. The Hall–Kier alpha value is -2.28. The van der Waals surface area contributed by atoms with Crippen LogP contribution in [0.5, 0.6) is 0 Å². The Labute approximate surface area is 167 Å². The molecule has 0 aliphatic carbocycles. The Balaban J connectivity index is 1.43. The predicted octanol–water partition coefficient (Wildman–Crippen LogP) is 1.96. The van der Waals surface area contributed by atoms with Gasteiger partial charge in [0, 0.05) is 57.6 Å². The van der Waals surface area contributed by atoms with Crippen molar-refractivity contribution in [3.8, 4) is 0 Å². The van der Waals surface area contributed by atoms with Gasteiger partial charge in [0.1, 0.15) is 0 Å². The zero-order chi connectivity index (χ0) is 19.6. The third kappa shape index (κ3) is 3.94. The van der Waals surface area contributed by atoms with Crippen LogP contribution in [-0.4, -0.2) is 74.1 Å². The lowest BCUT2D eigenvalue weighted by molar-refractivity contribution is -0.119. The number of para-hydroxylation sites is 2. The summed E-state index contributed by atoms with van der Waals surface area (Å²) in [5.41, 5.74) is 1.89. The Morgan fingerprint density at radius 1 is 1.18 bits per heavy atom. The molecule has 3 saturated heterocycles. The molecule has 28 heavy (non-hydrogen) atoms. The van der Waals surface area contributed by atoms with Gasteiger partial charge in [-0.15, -0.1) is 0 Å². The van der Waals surface area contributed by atoms with E-state index in [1.54, 1.807) is 0 Å². The van der Waals surface area contributed by atoms with Crippen molar-refractivity contribution in [3.63, 3.8) is 0 Å². The molecule has 3 aliphatic rings. The summed E-state index contributed by atoms with van der Waals surface area (Å²) in [5, 5.41) is 6.09. The molecule has 0 bridgehead atoms. The maximum Gasteiger partial charge on any atom is 0.321 e. The van der Waals surface area contributed by atoms with Gasteiger partial charge in [-0.1, -0.05) is 19.1 Å². The third-order valence-electron chi connectivity index (χ3n) is 6.45. The van der Waals surface area contributed by atoms with Crippen LogP contribution in [0.3, 0.4) is 0 Å². The van der Waals surface area contributed by atoms with Crippen molar-refractivity contribution in [1.82, 2.24) is 15.1 Å². The number of piperazine rings is 1. The molecule has 0 saturated carbocycles. The normalized spacial score (nSPS) is 25.8. The van der Waals surface area contributed by atoms with Gasteiger partial charge in [-0.25, -0.2) is 4.79 Å². The van der Waals surface area contributed by atoms with Crippen LogP contribution in [0.2, 0.25) is 0 Å². The maximum absolute atomic E-state index is 13.0. The second kappa shape index (κ2) is 7.99. The Morgan fingerprint density at radius 3 is 2.68 bits per heavy atom. The summed E-state index contributed by atoms with van der Waals surface area (Å²) in [7, 11) is 0. The molecule has 3 fully saturated rings. The lowest BCUT2D eigenvalue weighted by atomic mass is 9.79. The molecule has 3 aliphatic heterocycles. The predicted molar refractivity (Wildman–Crippen MR) is 111 cm³/mol. The number of anilines is 2. The quantitative estimate of drug-likeness (QED) is 0.835. The highest BCUT2D eigenvalue weighted by atomic mass is 16.2. The molecule has 0 aromatic heterocycles. The van der Waals surface area contributed by atoms with Crippen LogP contribution < -0.4 is 15.5 Å². The first-order valence-corrected chi connectivity index (χ1v) is 10.5. The van der Waals surface area contributed by atoms with Crippen LogP contribution >= 0.6 is 0 Å². The van der Waals surface area contributed by atoms with Gasteiger partial charge in [0.25, 0.3) is 0 Å². The van der Waals surface area contributed by atoms with E-state index in [4.69, 9.17) is 0 Å². The number of carbonyl (C=O) groups excluding carboxylic acids is 2. The number of rotatable bonds is 3. The first-order chi connectivity index (χ1) is 13.6. The van der Waals surface area contributed by atoms with Crippen LogP contribution in [0.25, 0.3) is 0 Å². The van der Waals surface area contributed by atoms with Crippen molar-refractivity contribution in [2.45, 2.75) is 26.2 Å². The molecule has 1 aromatic rings. The van der Waals surface area contributed by atoms with Crippen LogP contribution in [-0.2, 0) is 4.79 Å². The number of benzene rings is 1. The summed E-state index contributed by atoms with van der Waals surface area (Å²) in [6.07, 6.45) is 2.49. The number of amides is 3. The molecule has 0 radical (unpaired) electrons. The number of hydrogen-bond acceptors (Lipinski definition) is 4. The van der Waals surface area contributed by atoms with E-state index in [9.17, 15) is 9.59 Å². The highest BCUT2D eigenvalue weighted by Crippen LogP contribution is 2.36. The van der Waals surface area contributed by atoms with E-state index in [1.807, 2.05) is 23.1 Å². The van der Waals surface area contributed by atoms with Crippen molar-refractivity contribution in [2.75, 3.05) is 62.6 Å². The van der Waals surface area contributed by atoms with Gasteiger partial charge in [0.2, 0.25) is 5.91 Å². The molecule has 152 valence electrons. The van der Waals surface area contributed by atoms with E-state index in [-0.39, 0.29) is 17.4 Å². The molecule has 7 nitrogen and oxygen atoms in total. The summed E-state index contributed by atoms with van der Waals surface area (Å²) >= 11 is 0. The van der Waals surface area contributed by atoms with Gasteiger partial charge >= 0.3 is 6.03 Å². The molecular formula is C21H31N5O2. The van der Waals surface area contributed by atoms with Crippen LogP contribution in [0.4, 0.5) is 16.2 Å². The minimum atomic E-state index is -0.0807. The molecule has 7 heteroatoms. The van der Waals surface area contributed by atoms with Crippen molar-refractivity contribution in [3.05, 3.63) is 24.3 Å². The lowest BCUT2D eigenvalue weighted by Gasteiger charge is -2.39. The number of likely N-dealkylation sites (tertiary alicyclic amines) is 1. The summed E-state index contributed by atoms with van der Waals surface area (Å²) in [4.78, 5) is 31.4. The van der Waals surface area contributed by atoms with Gasteiger partial charge < -0.3 is 25.3 Å². The number of hydrogen-bond donors (Lipinski definition) is 2. The largest absolute Gasteiger partial charge is 0.367 e. The molecule has 1 spiro atoms. The fourth-order valence-corrected chi connectivity index (χ4v) is 4.78. The van der Waals surface area contributed by atoms with Gasteiger partial charge in [0.15, 0.2) is 0 Å². The van der Waals surface area contributed by atoms with Crippen molar-refractivity contribution < 1.29 is 9.59 Å². The van der Waals surface area contributed by atoms with Crippen molar-refractivity contribution in [1.29, 1.82) is 0 Å². The van der Waals surface area contributed by atoms with E-state index >= 15 is 0 Å². The minimum absolute atomic E-state index is 0.0573. The summed E-state index contributed by atoms with van der Waals surface area (Å²) in [5.74, 6) is 0.110. The molecule has 1 aromatic carbocycles. The number of carbonyl (C=O) groups is 2. The number of urea groups is 1. The summed E-state index contributed by atoms with van der Waals surface area (Å²) in [6.45, 7) is 9.41. The molecule has 2 N–H and O–H groups in total. The van der Waals surface area contributed by atoms with E-state index in [2.05, 4.69) is 33.4 Å². The Bertz CT molecular complexity index is 731. The summed E-state index contributed by atoms with van der Waals surface area (Å²) in [6, 6.07) is 8.02. The van der Waals surface area contributed by atoms with Crippen molar-refractivity contribution in [2.24, 2.45) is 5.41 Å². The van der Waals surface area contributed by atoms with Crippen LogP contribution in [0.15, 0.2) is 24.3 Å². The zero-order valence-electron chi connectivity index (χ0n) is 16.7. The smallest absolute Gasteiger partial charge is 0.321 e. The van der Waals surface area contributed by atoms with Gasteiger partial charge in [-0.3, -0.25) is 4.79 Å². The Morgan fingerprint density at radius 2 is 1.96 bits per heavy atom. The second-order valence-electron chi connectivity index (χ2n) is 8.35. The summed E-state index contributed by atoms with van der Waals surface area (Å²) < 4.78 is 0. The zero-order valence-corrected chi connectivity index (χ0v) is 16.7. The number of likely N-dealkylation sites (N-methyl/N-ethyl adjacent to an activating group) is 1. The number of nitrogens with zero attached hydrogens (tertiary/aromatic N) is 3. The highest BCUT2D eigenvalue weighted by Gasteiger charge is 2.42. The van der Waals surface area contributed by atoms with E-state index in [0.29, 0.717) is 19.5 Å². The fraction of sp³-hybridized carbons (Fsp3) is 0.619. The number of nitrogens with one attached hydrogen (secondary N) is 2. The van der Waals surface area contributed by atoms with Gasteiger partial charge in [-0.2, -0.15) is 0 Å². The average Bonchev–Trinajstić information content (AvgIpc) is 3.08. The van der Waals surface area contributed by atoms with E-state index in [1.165, 1.54) is 0 Å². The molecule has 1 atom stereocenters. The first-order valence-electron chi connectivity index (χ1n) is 10.5. The van der Waals surface area contributed by atoms with Crippen molar-refractivity contribution >= 4 is 23.3 Å². The van der Waals surface area contributed by atoms with Crippen LogP contribution in [0.1, 0.15) is 26.2 Å². The molecule has 3 heterocycles. The second-order valence-corrected chi connectivity index (χ2v) is 8.35. The SMILES string of the molecule is CCN1CCN(c2ccccc2NC(=O)N2CCCC3(CNC(=O)C3)C2)CC1. The molecule has 4 rings (SSSR count).